The maximum atomic E-state index is 11.7. The molecule has 1 amide bonds. The van der Waals surface area contributed by atoms with E-state index in [-0.39, 0.29) is 35.1 Å². The van der Waals surface area contributed by atoms with E-state index in [1.165, 1.54) is 27.9 Å². The van der Waals surface area contributed by atoms with Gasteiger partial charge in [0.2, 0.25) is 5.91 Å². The van der Waals surface area contributed by atoms with Crippen LogP contribution in [-0.2, 0) is 38.1 Å². The van der Waals surface area contributed by atoms with Crippen LogP contribution in [0.15, 0.2) is 12.2 Å². The third-order valence-electron chi connectivity index (χ3n) is 5.45. The van der Waals surface area contributed by atoms with Crippen molar-refractivity contribution in [3.63, 3.8) is 0 Å². The number of ether oxygens (including phenoxy) is 5. The maximum absolute atomic E-state index is 11.7. The van der Waals surface area contributed by atoms with Gasteiger partial charge in [-0.3, -0.25) is 4.79 Å². The molecule has 34 heavy (non-hydrogen) atoms. The molecule has 2 aliphatic heterocycles. The number of carbonyl (C=O) groups excluding carboxylic acids is 3. The minimum atomic E-state index is -1.72. The molecule has 0 aromatic heterocycles. The van der Waals surface area contributed by atoms with Gasteiger partial charge in [-0.1, -0.05) is 13.5 Å². The van der Waals surface area contributed by atoms with E-state index in [0.717, 1.165) is 0 Å². The third-order valence-corrected chi connectivity index (χ3v) is 5.45. The van der Waals surface area contributed by atoms with E-state index in [1.54, 1.807) is 0 Å². The second-order valence-electron chi connectivity index (χ2n) is 8.06. The van der Waals surface area contributed by atoms with Crippen LogP contribution in [0, 0.1) is 5.92 Å². The zero-order valence-corrected chi connectivity index (χ0v) is 21.7. The molecule has 13 nitrogen and oxygen atoms in total. The first-order valence-corrected chi connectivity index (χ1v) is 10.2. The van der Waals surface area contributed by atoms with Gasteiger partial charge in [-0.25, -0.2) is 4.79 Å². The monoisotopic (exact) mass is 499 g/mol. The van der Waals surface area contributed by atoms with Crippen molar-refractivity contribution in [1.82, 2.24) is 5.32 Å². The summed E-state index contributed by atoms with van der Waals surface area (Å²) in [5.74, 6) is -3.92. The first-order valence-electron chi connectivity index (χ1n) is 10.2. The van der Waals surface area contributed by atoms with E-state index >= 15 is 0 Å². The number of amides is 1. The molecule has 0 spiro atoms. The summed E-state index contributed by atoms with van der Waals surface area (Å²) < 4.78 is 26.8. The molecule has 0 aliphatic carbocycles. The van der Waals surface area contributed by atoms with Crippen molar-refractivity contribution in [2.45, 2.75) is 76.0 Å². The minimum Gasteiger partial charge on any atom is -0.547 e. The number of hydrogen-bond acceptors (Lipinski definition) is 12. The molecule has 0 aromatic carbocycles. The molecule has 4 N–H and O–H groups in total. The second-order valence-corrected chi connectivity index (χ2v) is 8.06. The number of methoxy groups -OCH3 is 1. The largest absolute Gasteiger partial charge is 1.00 e. The van der Waals surface area contributed by atoms with Crippen molar-refractivity contribution in [2.75, 3.05) is 13.7 Å². The summed E-state index contributed by atoms with van der Waals surface area (Å²) in [6.07, 6.45) is -11.9. The van der Waals surface area contributed by atoms with Crippen LogP contribution in [0.2, 0.25) is 0 Å². The van der Waals surface area contributed by atoms with Gasteiger partial charge in [0.15, 0.2) is 12.6 Å². The Kier molecular flexibility index (Phi) is 12.0. The number of carbonyl (C=O) groups is 3. The van der Waals surface area contributed by atoms with Gasteiger partial charge < -0.3 is 54.2 Å². The number of aliphatic hydroxyl groups excluding tert-OH is 3. The zero-order chi connectivity index (χ0) is 25.0. The number of aliphatic hydroxyl groups is 3. The topological polar surface area (TPSA) is 193 Å². The smallest absolute Gasteiger partial charge is 0.547 e. The maximum Gasteiger partial charge on any atom is 1.00 e. The molecule has 2 heterocycles. The van der Waals surface area contributed by atoms with Crippen LogP contribution in [0.5, 0.6) is 0 Å². The normalized spacial score (nSPS) is 37.7. The molecule has 14 heteroatoms. The fourth-order valence-electron chi connectivity index (χ4n) is 3.63. The summed E-state index contributed by atoms with van der Waals surface area (Å²) in [6, 6.07) is -1.15. The number of carboxylic acids is 1. The molecule has 0 saturated carbocycles. The Bertz CT molecular complexity index is 751. The van der Waals surface area contributed by atoms with E-state index in [0.29, 0.717) is 0 Å². The van der Waals surface area contributed by atoms with Gasteiger partial charge in [0, 0.05) is 25.5 Å². The first kappa shape index (κ1) is 30.9. The van der Waals surface area contributed by atoms with Crippen LogP contribution in [0.25, 0.3) is 0 Å². The summed E-state index contributed by atoms with van der Waals surface area (Å²) in [5, 5.41) is 45.4. The summed E-state index contributed by atoms with van der Waals surface area (Å²) in [7, 11) is 1.26. The zero-order valence-electron chi connectivity index (χ0n) is 19.7. The molecule has 188 valence electrons. The van der Waals surface area contributed by atoms with Crippen molar-refractivity contribution in [2.24, 2.45) is 5.92 Å². The van der Waals surface area contributed by atoms with Gasteiger partial charge in [0.05, 0.1) is 12.1 Å². The Labute approximate surface area is 218 Å². The van der Waals surface area contributed by atoms with E-state index in [2.05, 4.69) is 11.9 Å². The summed E-state index contributed by atoms with van der Waals surface area (Å²) in [5.41, 5.74) is 0.114. The number of rotatable bonds is 8. The number of hydrogen-bond donors (Lipinski definition) is 4. The van der Waals surface area contributed by atoms with Crippen molar-refractivity contribution in [3.8, 4) is 0 Å². The first-order chi connectivity index (χ1) is 15.4. The fraction of sp³-hybridized carbons (Fsp3) is 0.750. The van der Waals surface area contributed by atoms with Crippen LogP contribution in [0.1, 0.15) is 20.8 Å². The molecule has 9 unspecified atom stereocenters. The molecular weight excluding hydrogens is 469 g/mol. The third kappa shape index (κ3) is 7.20. The quantitative estimate of drug-likeness (QED) is 0.140. The molecule has 2 fully saturated rings. The SMILES string of the molecule is C=C(C)C(=O)OCC1OC(OC)C(NC(C)=O)C(OC2OC(C(=O)[O-])[C@@H](C)C(O)C2O)C1O.[Na+]. The van der Waals surface area contributed by atoms with Gasteiger partial charge in [0.25, 0.3) is 0 Å². The van der Waals surface area contributed by atoms with Crippen molar-refractivity contribution >= 4 is 17.8 Å². The van der Waals surface area contributed by atoms with Crippen molar-refractivity contribution in [3.05, 3.63) is 12.2 Å². The molecule has 2 rings (SSSR count). The average molecular weight is 499 g/mol. The molecular formula is C20H30NNaO12. The Balaban J connectivity index is 0.00000578. The molecule has 0 bridgehead atoms. The number of esters is 1. The number of nitrogens with one attached hydrogen (secondary N) is 1. The van der Waals surface area contributed by atoms with Crippen LogP contribution in [0.4, 0.5) is 0 Å². The van der Waals surface area contributed by atoms with Gasteiger partial charge in [0.1, 0.15) is 43.2 Å². The summed E-state index contributed by atoms with van der Waals surface area (Å²) >= 11 is 0. The Morgan fingerprint density at radius 3 is 2.18 bits per heavy atom. The van der Waals surface area contributed by atoms with Crippen LogP contribution < -0.4 is 40.0 Å². The Morgan fingerprint density at radius 1 is 1.06 bits per heavy atom. The van der Waals surface area contributed by atoms with Crippen LogP contribution in [-0.4, -0.2) is 102 Å². The van der Waals surface area contributed by atoms with Gasteiger partial charge >= 0.3 is 35.5 Å². The number of aliphatic carboxylic acids is 1. The van der Waals surface area contributed by atoms with E-state index in [9.17, 15) is 34.8 Å². The van der Waals surface area contributed by atoms with Gasteiger partial charge in [-0.2, -0.15) is 0 Å². The van der Waals surface area contributed by atoms with Crippen molar-refractivity contribution < 1.29 is 88.1 Å². The average Bonchev–Trinajstić information content (AvgIpc) is 2.74. The molecule has 0 radical (unpaired) electrons. The van der Waals surface area contributed by atoms with Crippen LogP contribution >= 0.6 is 0 Å². The number of carboxylic acid groups (broad SMARTS) is 1. The van der Waals surface area contributed by atoms with E-state index < -0.39 is 85.6 Å². The fourth-order valence-corrected chi connectivity index (χ4v) is 3.63. The Morgan fingerprint density at radius 2 is 1.68 bits per heavy atom. The van der Waals surface area contributed by atoms with Crippen LogP contribution in [0.3, 0.4) is 0 Å². The molecule has 0 aromatic rings. The molecule has 2 saturated heterocycles. The Hall–Kier alpha value is -1.13. The van der Waals surface area contributed by atoms with Gasteiger partial charge in [-0.15, -0.1) is 0 Å². The standard InChI is InChI=1S/C20H31NO12.Na/c1-7(2)18(28)30-6-10-13(24)16(11(21-9(4)22)19(29-5)31-10)33-20-14(25)12(23)8(3)15(32-20)17(26)27;/h8,10-16,19-20,23-25H,1,6H2,2-5H3,(H,21,22)(H,26,27);/q;+1/p-1/t8-,10?,11?,12?,13?,14?,15?,16?,19?,20?;/m0./s1. The molecule has 10 atom stereocenters. The summed E-state index contributed by atoms with van der Waals surface area (Å²) in [6.45, 7) is 6.99. The predicted octanol–water partition coefficient (Wildman–Crippen LogP) is -6.44. The minimum absolute atomic E-state index is 0. The van der Waals surface area contributed by atoms with E-state index in [1.807, 2.05) is 0 Å². The molecule has 2 aliphatic rings. The van der Waals surface area contributed by atoms with Crippen molar-refractivity contribution in [1.29, 1.82) is 0 Å². The second kappa shape index (κ2) is 13.3. The van der Waals surface area contributed by atoms with E-state index in [4.69, 9.17) is 23.7 Å². The predicted molar refractivity (Wildman–Crippen MR) is 105 cm³/mol. The summed E-state index contributed by atoms with van der Waals surface area (Å²) in [4.78, 5) is 34.9. The van der Waals surface area contributed by atoms with Gasteiger partial charge in [-0.05, 0) is 6.92 Å².